The van der Waals surface area contributed by atoms with Gasteiger partial charge in [0.2, 0.25) is 0 Å². The third-order valence-corrected chi connectivity index (χ3v) is 7.56. The number of carboxylic acid groups (broad SMARTS) is 1. The second kappa shape index (κ2) is 5.76. The first-order valence-electron chi connectivity index (χ1n) is 8.94. The van der Waals surface area contributed by atoms with Gasteiger partial charge in [-0.15, -0.1) is 0 Å². The highest BCUT2D eigenvalue weighted by molar-refractivity contribution is 5.91. The van der Waals surface area contributed by atoms with Crippen LogP contribution in [0.15, 0.2) is 5.16 Å². The number of hydrogen-bond acceptors (Lipinski definition) is 4. The number of rotatable bonds is 3. The van der Waals surface area contributed by atoms with Crippen LogP contribution in [0, 0.1) is 28.6 Å². The van der Waals surface area contributed by atoms with Gasteiger partial charge in [-0.25, -0.2) is 0 Å². The molecule has 0 radical (unpaired) electrons. The highest BCUT2D eigenvalue weighted by Gasteiger charge is 2.58. The predicted molar refractivity (Wildman–Crippen MR) is 86.5 cm³/mol. The standard InChI is InChI=1S/C18H29NO4/c1-17(10-8-16(21)22)13-7-9-18(2)12(4-6-15(18)20)11(13)3-5-14(17)19-23/h11-13,15,20,23H,3-10H2,1-2H3,(H,21,22)/t11-,12-,13-,15-,17+,18-/m0/s1. The van der Waals surface area contributed by atoms with E-state index in [-0.39, 0.29) is 23.4 Å². The summed E-state index contributed by atoms with van der Waals surface area (Å²) in [5.41, 5.74) is 0.468. The van der Waals surface area contributed by atoms with Crippen molar-refractivity contribution < 1.29 is 20.2 Å². The van der Waals surface area contributed by atoms with E-state index in [0.29, 0.717) is 24.2 Å². The Balaban J connectivity index is 1.89. The van der Waals surface area contributed by atoms with Crippen LogP contribution in [0.3, 0.4) is 0 Å². The normalized spacial score (nSPS) is 48.0. The van der Waals surface area contributed by atoms with Gasteiger partial charge in [0, 0.05) is 11.8 Å². The Morgan fingerprint density at radius 3 is 2.61 bits per heavy atom. The molecule has 0 unspecified atom stereocenters. The predicted octanol–water partition coefficient (Wildman–Crippen LogP) is 3.28. The molecule has 0 aliphatic heterocycles. The minimum Gasteiger partial charge on any atom is -0.481 e. The molecule has 5 nitrogen and oxygen atoms in total. The van der Waals surface area contributed by atoms with Crippen molar-refractivity contribution in [1.82, 2.24) is 0 Å². The molecule has 6 atom stereocenters. The molecule has 0 aromatic carbocycles. The summed E-state index contributed by atoms with van der Waals surface area (Å²) in [7, 11) is 0. The molecule has 3 saturated carbocycles. The second-order valence-electron chi connectivity index (χ2n) is 8.41. The van der Waals surface area contributed by atoms with Crippen LogP contribution in [0.5, 0.6) is 0 Å². The third kappa shape index (κ3) is 2.48. The number of fused-ring (bicyclic) bond motifs is 3. The summed E-state index contributed by atoms with van der Waals surface area (Å²) in [4.78, 5) is 11.1. The molecule has 3 aliphatic rings. The molecule has 0 spiro atoms. The van der Waals surface area contributed by atoms with Gasteiger partial charge >= 0.3 is 5.97 Å². The molecular formula is C18H29NO4. The third-order valence-electron chi connectivity index (χ3n) is 7.56. The van der Waals surface area contributed by atoms with Crippen molar-refractivity contribution in [3.8, 4) is 0 Å². The van der Waals surface area contributed by atoms with Crippen LogP contribution in [-0.2, 0) is 4.79 Å². The molecule has 0 saturated heterocycles. The van der Waals surface area contributed by atoms with Crippen LogP contribution in [0.4, 0.5) is 0 Å². The Hall–Kier alpha value is -1.10. The average molecular weight is 323 g/mol. The topological polar surface area (TPSA) is 90.1 Å². The number of hydrogen-bond donors (Lipinski definition) is 3. The zero-order valence-corrected chi connectivity index (χ0v) is 14.2. The van der Waals surface area contributed by atoms with E-state index in [1.807, 2.05) is 0 Å². The Kier molecular flexibility index (Phi) is 4.20. The van der Waals surface area contributed by atoms with Gasteiger partial charge in [-0.3, -0.25) is 4.79 Å². The summed E-state index contributed by atoms with van der Waals surface area (Å²) in [5.74, 6) is 0.600. The van der Waals surface area contributed by atoms with E-state index in [4.69, 9.17) is 5.11 Å². The van der Waals surface area contributed by atoms with E-state index in [0.717, 1.165) is 44.2 Å². The van der Waals surface area contributed by atoms with E-state index in [2.05, 4.69) is 19.0 Å². The molecule has 3 fully saturated rings. The molecule has 0 bridgehead atoms. The molecule has 3 rings (SSSR count). The van der Waals surface area contributed by atoms with Crippen LogP contribution in [0.2, 0.25) is 0 Å². The molecule has 0 amide bonds. The lowest BCUT2D eigenvalue weighted by Gasteiger charge is -2.56. The van der Waals surface area contributed by atoms with Crippen molar-refractivity contribution in [2.75, 3.05) is 0 Å². The van der Waals surface area contributed by atoms with Gasteiger partial charge in [0.1, 0.15) is 0 Å². The SMILES string of the molecule is C[C@]12CC[C@H]3[C@@H](CCC(=NO)[C@]3(C)CCC(=O)O)[C@@H]1CC[C@@H]2O. The van der Waals surface area contributed by atoms with Gasteiger partial charge in [-0.2, -0.15) is 0 Å². The first kappa shape index (κ1) is 16.7. The van der Waals surface area contributed by atoms with Crippen LogP contribution in [0.1, 0.15) is 65.2 Å². The van der Waals surface area contributed by atoms with Crippen LogP contribution in [0.25, 0.3) is 0 Å². The number of carboxylic acids is 1. The zero-order valence-electron chi connectivity index (χ0n) is 14.2. The van der Waals surface area contributed by atoms with E-state index >= 15 is 0 Å². The van der Waals surface area contributed by atoms with Crippen LogP contribution < -0.4 is 0 Å². The molecule has 3 aliphatic carbocycles. The average Bonchev–Trinajstić information content (AvgIpc) is 2.81. The molecule has 3 N–H and O–H groups in total. The minimum atomic E-state index is -0.789. The number of nitrogens with zero attached hydrogens (tertiary/aromatic N) is 1. The zero-order chi connectivity index (χ0) is 16.8. The van der Waals surface area contributed by atoms with Crippen LogP contribution >= 0.6 is 0 Å². The molecular weight excluding hydrogens is 294 g/mol. The number of aliphatic hydroxyl groups excluding tert-OH is 1. The molecule has 130 valence electrons. The lowest BCUT2D eigenvalue weighted by atomic mass is 9.49. The Morgan fingerprint density at radius 2 is 1.96 bits per heavy atom. The largest absolute Gasteiger partial charge is 0.481 e. The van der Waals surface area contributed by atoms with Crippen molar-refractivity contribution in [3.05, 3.63) is 0 Å². The summed E-state index contributed by atoms with van der Waals surface area (Å²) in [6.07, 6.45) is 6.13. The summed E-state index contributed by atoms with van der Waals surface area (Å²) >= 11 is 0. The number of oxime groups is 1. The fourth-order valence-corrected chi connectivity index (χ4v) is 6.12. The summed E-state index contributed by atoms with van der Waals surface area (Å²) in [6.45, 7) is 4.33. The fourth-order valence-electron chi connectivity index (χ4n) is 6.12. The number of aliphatic hydroxyl groups is 1. The smallest absolute Gasteiger partial charge is 0.303 e. The summed E-state index contributed by atoms with van der Waals surface area (Å²) < 4.78 is 0. The van der Waals surface area contributed by atoms with Gasteiger partial charge in [-0.05, 0) is 68.1 Å². The Bertz CT molecular complexity index is 519. The van der Waals surface area contributed by atoms with Gasteiger partial charge in [0.15, 0.2) is 0 Å². The monoisotopic (exact) mass is 323 g/mol. The van der Waals surface area contributed by atoms with E-state index in [1.54, 1.807) is 0 Å². The number of carbonyl (C=O) groups is 1. The molecule has 5 heteroatoms. The first-order chi connectivity index (χ1) is 10.8. The molecule has 0 heterocycles. The lowest BCUT2D eigenvalue weighted by molar-refractivity contribution is -0.138. The summed E-state index contributed by atoms with van der Waals surface area (Å²) in [6, 6.07) is 0. The van der Waals surface area contributed by atoms with Gasteiger partial charge in [0.25, 0.3) is 0 Å². The van der Waals surface area contributed by atoms with Gasteiger partial charge in [-0.1, -0.05) is 19.0 Å². The molecule has 23 heavy (non-hydrogen) atoms. The van der Waals surface area contributed by atoms with Crippen LogP contribution in [-0.4, -0.2) is 33.2 Å². The van der Waals surface area contributed by atoms with E-state index in [9.17, 15) is 15.1 Å². The molecule has 0 aromatic heterocycles. The highest BCUT2D eigenvalue weighted by Crippen LogP contribution is 2.62. The van der Waals surface area contributed by atoms with Gasteiger partial charge < -0.3 is 15.4 Å². The second-order valence-corrected chi connectivity index (χ2v) is 8.41. The van der Waals surface area contributed by atoms with Crippen molar-refractivity contribution in [1.29, 1.82) is 0 Å². The van der Waals surface area contributed by atoms with Crippen molar-refractivity contribution in [3.63, 3.8) is 0 Å². The minimum absolute atomic E-state index is 0.0166. The maximum absolute atomic E-state index is 11.1. The first-order valence-corrected chi connectivity index (χ1v) is 8.94. The highest BCUT2D eigenvalue weighted by atomic mass is 16.4. The maximum Gasteiger partial charge on any atom is 0.303 e. The quantitative estimate of drug-likeness (QED) is 0.549. The fraction of sp³-hybridized carbons (Fsp3) is 0.889. The van der Waals surface area contributed by atoms with E-state index < -0.39 is 5.97 Å². The summed E-state index contributed by atoms with van der Waals surface area (Å²) in [5, 5.41) is 32.6. The Labute approximate surface area is 137 Å². The molecule has 0 aromatic rings. The van der Waals surface area contributed by atoms with Gasteiger partial charge in [0.05, 0.1) is 11.8 Å². The number of aliphatic carboxylic acids is 1. The van der Waals surface area contributed by atoms with E-state index in [1.165, 1.54) is 0 Å². The lowest BCUT2D eigenvalue weighted by Crippen LogP contribution is -2.53. The Morgan fingerprint density at radius 1 is 1.22 bits per heavy atom. The van der Waals surface area contributed by atoms with Crippen molar-refractivity contribution in [2.24, 2.45) is 33.7 Å². The van der Waals surface area contributed by atoms with Crippen molar-refractivity contribution >= 4 is 11.7 Å². The maximum atomic E-state index is 11.1. The van der Waals surface area contributed by atoms with Crippen molar-refractivity contribution in [2.45, 2.75) is 71.3 Å².